The number of fused-ring (bicyclic) bond motifs is 3. The van der Waals surface area contributed by atoms with Gasteiger partial charge in [0.25, 0.3) is 0 Å². The number of aliphatic hydroxyl groups is 2. The minimum absolute atomic E-state index is 0.0648. The number of ether oxygens (including phenoxy) is 4. The molecule has 9 heteroatoms. The number of hydrogen-bond donors (Lipinski definition) is 3. The Balaban J connectivity index is 1.11. The molecule has 3 unspecified atom stereocenters. The van der Waals surface area contributed by atoms with Crippen molar-refractivity contribution in [2.75, 3.05) is 19.8 Å². The second kappa shape index (κ2) is 19.8. The first kappa shape index (κ1) is 34.6. The molecule has 0 heterocycles. The van der Waals surface area contributed by atoms with Gasteiger partial charge in [-0.1, -0.05) is 140 Å². The quantitative estimate of drug-likeness (QED) is 0.0733. The number of benzene rings is 5. The van der Waals surface area contributed by atoms with Gasteiger partial charge >= 0.3 is 6.09 Å². The van der Waals surface area contributed by atoms with E-state index in [2.05, 4.69) is 17.4 Å². The summed E-state index contributed by atoms with van der Waals surface area (Å²) in [7, 11) is 0. The summed E-state index contributed by atoms with van der Waals surface area (Å²) in [5.41, 5.74) is 5.78. The molecule has 0 fully saturated rings. The van der Waals surface area contributed by atoms with Crippen molar-refractivity contribution in [3.63, 3.8) is 0 Å². The van der Waals surface area contributed by atoms with Crippen molar-refractivity contribution in [1.29, 1.82) is 0 Å². The molecule has 0 saturated carbocycles. The number of amides is 1. The number of alkyl carbamates (subject to hydrolysis) is 1. The van der Waals surface area contributed by atoms with Crippen LogP contribution in [-0.4, -0.2) is 66.3 Å². The molecule has 6 rings (SSSR count). The Morgan fingerprint density at radius 3 is 1.69 bits per heavy atom. The number of nitrogens with one attached hydrogen (secondary N) is 1. The van der Waals surface area contributed by atoms with Crippen LogP contribution in [0.5, 0.6) is 0 Å². The smallest absolute Gasteiger partial charge is 0.407 e. The van der Waals surface area contributed by atoms with Crippen molar-refractivity contribution < 1.29 is 42.9 Å². The van der Waals surface area contributed by atoms with Crippen molar-refractivity contribution in [3.05, 3.63) is 167 Å². The Morgan fingerprint density at radius 1 is 0.648 bits per heavy atom. The van der Waals surface area contributed by atoms with Crippen LogP contribution in [0.4, 0.5) is 4.79 Å². The average Bonchev–Trinajstić information content (AvgIpc) is 3.58. The predicted octanol–water partition coefficient (Wildman–Crippen LogP) is 6.98. The van der Waals surface area contributed by atoms with Crippen molar-refractivity contribution in [2.45, 2.75) is 62.9 Å². The topological polar surface area (TPSA) is 124 Å². The molecule has 7 atom stereocenters. The maximum atomic E-state index is 13.6. The number of rotatable bonds is 20. The first-order valence-electron chi connectivity index (χ1n) is 19.8. The highest BCUT2D eigenvalue weighted by atomic mass is 16.6. The summed E-state index contributed by atoms with van der Waals surface area (Å²) >= 11 is 0. The number of aliphatic hydroxyl groups excluding tert-OH is 2. The molecule has 280 valence electrons. The summed E-state index contributed by atoms with van der Waals surface area (Å²) in [6, 6.07) is 41.8. The van der Waals surface area contributed by atoms with Gasteiger partial charge in [0.15, 0.2) is 5.78 Å². The molecule has 9 nitrogen and oxygen atoms in total. The number of carbonyl (C=O) groups is 2. The van der Waals surface area contributed by atoms with Crippen LogP contribution < -0.4 is 5.32 Å². The van der Waals surface area contributed by atoms with Crippen LogP contribution in [0.1, 0.15) is 50.7 Å². The van der Waals surface area contributed by atoms with E-state index in [1.807, 2.05) is 36.4 Å². The molecule has 3 N–H and O–H groups in total. The van der Waals surface area contributed by atoms with Crippen LogP contribution in [-0.2, 0) is 43.5 Å². The van der Waals surface area contributed by atoms with Gasteiger partial charge in [0.2, 0.25) is 0 Å². The van der Waals surface area contributed by atoms with E-state index in [1.165, 1.54) is 0 Å². The minimum Gasteiger partial charge on any atom is -0.449 e. The fourth-order valence-corrected chi connectivity index (χ4v) is 6.40. The minimum atomic E-state index is -1.92. The lowest BCUT2D eigenvalue weighted by molar-refractivity contribution is -0.180. The molecule has 0 aliphatic heterocycles. The van der Waals surface area contributed by atoms with Crippen LogP contribution in [0.3, 0.4) is 0 Å². The van der Waals surface area contributed by atoms with Gasteiger partial charge in [-0.3, -0.25) is 4.79 Å². The third kappa shape index (κ3) is 10.5. The maximum Gasteiger partial charge on any atom is 0.407 e. The maximum absolute atomic E-state index is 13.6. The first-order chi connectivity index (χ1) is 27.7. The Bertz CT molecular complexity index is 1980. The molecule has 1 amide bonds. The number of hydrogen-bond acceptors (Lipinski definition) is 8. The van der Waals surface area contributed by atoms with Crippen LogP contribution >= 0.6 is 0 Å². The number of carbonyl (C=O) groups excluding carboxylic acids is 2. The molecule has 0 aromatic heterocycles. The highest BCUT2D eigenvalue weighted by Gasteiger charge is 2.39. The Kier molecular flexibility index (Phi) is 12.7. The van der Waals surface area contributed by atoms with E-state index >= 15 is 0 Å². The van der Waals surface area contributed by atoms with Gasteiger partial charge < -0.3 is 34.5 Å². The Morgan fingerprint density at radius 2 is 1.13 bits per heavy atom. The van der Waals surface area contributed by atoms with Crippen LogP contribution in [0.15, 0.2) is 140 Å². The van der Waals surface area contributed by atoms with E-state index in [0.717, 1.165) is 22.3 Å². The molecule has 0 saturated heterocycles. The van der Waals surface area contributed by atoms with Crippen molar-refractivity contribution in [3.8, 4) is 11.1 Å². The lowest BCUT2D eigenvalue weighted by atomic mass is 9.97. The van der Waals surface area contributed by atoms with Crippen LogP contribution in [0.2, 0.25) is 0 Å². The van der Waals surface area contributed by atoms with Gasteiger partial charge in [0.05, 0.1) is 30.5 Å². The monoisotopic (exact) mass is 732 g/mol. The lowest BCUT2D eigenvalue weighted by Crippen LogP contribution is -2.51. The zero-order valence-corrected chi connectivity index (χ0v) is 29.8. The fraction of sp³-hybridized carbons (Fsp3) is 0.289. The molecule has 0 spiro atoms. The number of Topliss-reactive ketones (excluding diaryl/α,β-unsaturated/α-hetero) is 1. The summed E-state index contributed by atoms with van der Waals surface area (Å²) < 4.78 is 49.4. The van der Waals surface area contributed by atoms with Gasteiger partial charge in [0, 0.05) is 18.9 Å². The van der Waals surface area contributed by atoms with Crippen LogP contribution in [0.25, 0.3) is 11.1 Å². The SMILES string of the molecule is [2H]C(OC[C@@H](O)[C@@H](OC([2H])c1ccccc1)[C@H](OC([2H])c1ccccc1)[C@H](O)C(=O)CCCNC(=O)OCC1c2ccccc2-c2ccccc21)c1ccccc1. The van der Waals surface area contributed by atoms with Gasteiger partial charge in [-0.2, -0.15) is 0 Å². The van der Waals surface area contributed by atoms with Gasteiger partial charge in [-0.15, -0.1) is 0 Å². The largest absolute Gasteiger partial charge is 0.449 e. The summed E-state index contributed by atoms with van der Waals surface area (Å²) in [6.45, 7) is -4.26. The molecule has 5 aromatic rings. The third-order valence-corrected chi connectivity index (χ3v) is 9.16. The van der Waals surface area contributed by atoms with Crippen molar-refractivity contribution in [2.24, 2.45) is 0 Å². The molecule has 0 bridgehead atoms. The number of ketones is 1. The van der Waals surface area contributed by atoms with Crippen molar-refractivity contribution >= 4 is 11.9 Å². The molecular weight excluding hydrogens is 682 g/mol. The van der Waals surface area contributed by atoms with Gasteiger partial charge in [-0.25, -0.2) is 4.79 Å². The summed E-state index contributed by atoms with van der Waals surface area (Å²) in [6.07, 6.45) is -7.45. The normalized spacial score (nSPS) is 16.9. The second-order valence-corrected chi connectivity index (χ2v) is 13.0. The van der Waals surface area contributed by atoms with Crippen LogP contribution in [0, 0.1) is 0 Å². The Hall–Kier alpha value is -5.16. The fourth-order valence-electron chi connectivity index (χ4n) is 6.40. The molecule has 1 aliphatic rings. The summed E-state index contributed by atoms with van der Waals surface area (Å²) in [4.78, 5) is 26.4. The molecule has 5 aromatic carbocycles. The highest BCUT2D eigenvalue weighted by Crippen LogP contribution is 2.44. The van der Waals surface area contributed by atoms with E-state index in [1.54, 1.807) is 91.0 Å². The van der Waals surface area contributed by atoms with Gasteiger partial charge in [-0.05, 0) is 45.4 Å². The lowest BCUT2D eigenvalue weighted by Gasteiger charge is -2.33. The Labute approximate surface area is 320 Å². The molecule has 54 heavy (non-hydrogen) atoms. The summed E-state index contributed by atoms with van der Waals surface area (Å²) in [5.74, 6) is -0.805. The average molecular weight is 733 g/mol. The zero-order valence-electron chi connectivity index (χ0n) is 32.8. The van der Waals surface area contributed by atoms with Crippen molar-refractivity contribution in [1.82, 2.24) is 5.32 Å². The van der Waals surface area contributed by atoms with E-state index < -0.39 is 62.6 Å². The predicted molar refractivity (Wildman–Crippen MR) is 205 cm³/mol. The van der Waals surface area contributed by atoms with E-state index in [-0.39, 0.29) is 31.9 Å². The second-order valence-electron chi connectivity index (χ2n) is 13.0. The van der Waals surface area contributed by atoms with Gasteiger partial charge in [0.1, 0.15) is 31.0 Å². The highest BCUT2D eigenvalue weighted by molar-refractivity contribution is 5.83. The first-order valence-corrected chi connectivity index (χ1v) is 18.0. The standard InChI is InChI=1S/C45H47NO8/c47-40(25-14-26-46-45(50)54-30-39-37-23-12-10-21-35(37)36-22-11-13-24-38(36)39)42(49)44(53-29-34-19-8-3-9-20-34)43(52-28-33-17-6-2-7-18-33)41(48)31-51-27-32-15-4-1-5-16-32/h1-13,15-24,39,41-44,48-49H,14,25-31H2,(H,46,50)/t41-,42-,43-,44-/m1/s1/i27D,28D,29D/t27?,28?,29?,41-,42-,43-,44-. The molecule has 1 aliphatic carbocycles. The van der Waals surface area contributed by atoms with E-state index in [0.29, 0.717) is 16.7 Å². The molecule has 0 radical (unpaired) electrons. The summed E-state index contributed by atoms with van der Waals surface area (Å²) in [5, 5.41) is 25.8. The molecular formula is C45H47NO8. The van der Waals surface area contributed by atoms with E-state index in [4.69, 9.17) is 23.1 Å². The van der Waals surface area contributed by atoms with E-state index in [9.17, 15) is 19.8 Å². The third-order valence-electron chi connectivity index (χ3n) is 9.16. The zero-order chi connectivity index (χ0) is 40.1.